The summed E-state index contributed by atoms with van der Waals surface area (Å²) in [6, 6.07) is 0. The third kappa shape index (κ3) is 3.28. The first-order chi connectivity index (χ1) is 7.74. The van der Waals surface area contributed by atoms with Gasteiger partial charge in [0.2, 0.25) is 5.89 Å². The van der Waals surface area contributed by atoms with Crippen LogP contribution in [0.4, 0.5) is 0 Å². The summed E-state index contributed by atoms with van der Waals surface area (Å²) < 4.78 is 4.89. The SMILES string of the molecule is Cc1nc(CNCC2CCC(O)CC2)no1. The Morgan fingerprint density at radius 3 is 2.75 bits per heavy atom. The molecule has 1 saturated carbocycles. The third-order valence-corrected chi connectivity index (χ3v) is 3.10. The van der Waals surface area contributed by atoms with E-state index in [1.807, 2.05) is 0 Å². The average molecular weight is 225 g/mol. The molecule has 1 aliphatic carbocycles. The molecule has 1 aromatic rings. The van der Waals surface area contributed by atoms with Crippen LogP contribution in [0.3, 0.4) is 0 Å². The highest BCUT2D eigenvalue weighted by atomic mass is 16.5. The highest BCUT2D eigenvalue weighted by Gasteiger charge is 2.18. The second kappa shape index (κ2) is 5.41. The molecule has 2 N–H and O–H groups in total. The molecule has 5 heteroatoms. The fourth-order valence-corrected chi connectivity index (χ4v) is 2.15. The minimum Gasteiger partial charge on any atom is -0.393 e. The van der Waals surface area contributed by atoms with Gasteiger partial charge in [0.25, 0.3) is 0 Å². The summed E-state index contributed by atoms with van der Waals surface area (Å²) in [5.41, 5.74) is 0. The van der Waals surface area contributed by atoms with Gasteiger partial charge in [-0.25, -0.2) is 0 Å². The van der Waals surface area contributed by atoms with Gasteiger partial charge in [-0.2, -0.15) is 4.98 Å². The predicted molar refractivity (Wildman–Crippen MR) is 58.7 cm³/mol. The summed E-state index contributed by atoms with van der Waals surface area (Å²) in [5, 5.41) is 16.5. The minimum atomic E-state index is -0.0730. The quantitative estimate of drug-likeness (QED) is 0.800. The molecule has 0 aromatic carbocycles. The fourth-order valence-electron chi connectivity index (χ4n) is 2.15. The lowest BCUT2D eigenvalue weighted by Gasteiger charge is -2.25. The summed E-state index contributed by atoms with van der Waals surface area (Å²) in [6.45, 7) is 3.43. The number of hydrogen-bond donors (Lipinski definition) is 2. The van der Waals surface area contributed by atoms with Gasteiger partial charge in [-0.1, -0.05) is 5.16 Å². The predicted octanol–water partition coefficient (Wildman–Crippen LogP) is 1.02. The van der Waals surface area contributed by atoms with Crippen molar-refractivity contribution >= 4 is 0 Å². The van der Waals surface area contributed by atoms with E-state index in [9.17, 15) is 5.11 Å². The third-order valence-electron chi connectivity index (χ3n) is 3.10. The molecular weight excluding hydrogens is 206 g/mol. The maximum Gasteiger partial charge on any atom is 0.223 e. The highest BCUT2D eigenvalue weighted by molar-refractivity contribution is 4.83. The van der Waals surface area contributed by atoms with Crippen LogP contribution in [-0.2, 0) is 6.54 Å². The summed E-state index contributed by atoms with van der Waals surface area (Å²) >= 11 is 0. The van der Waals surface area contributed by atoms with Gasteiger partial charge in [0.1, 0.15) is 0 Å². The molecule has 1 aromatic heterocycles. The zero-order chi connectivity index (χ0) is 11.4. The lowest BCUT2D eigenvalue weighted by molar-refractivity contribution is 0.108. The van der Waals surface area contributed by atoms with Crippen molar-refractivity contribution in [3.05, 3.63) is 11.7 Å². The molecular formula is C11H19N3O2. The first kappa shape index (κ1) is 11.5. The molecule has 0 bridgehead atoms. The maximum atomic E-state index is 9.38. The Labute approximate surface area is 95.2 Å². The smallest absolute Gasteiger partial charge is 0.223 e. The Morgan fingerprint density at radius 2 is 2.12 bits per heavy atom. The molecule has 0 unspecified atom stereocenters. The van der Waals surface area contributed by atoms with Gasteiger partial charge in [0.05, 0.1) is 12.6 Å². The number of aliphatic hydroxyl groups excluding tert-OH is 1. The van der Waals surface area contributed by atoms with Crippen LogP contribution in [0.15, 0.2) is 4.52 Å². The topological polar surface area (TPSA) is 71.2 Å². The molecule has 1 heterocycles. The van der Waals surface area contributed by atoms with Crippen LogP contribution in [0, 0.1) is 12.8 Å². The van der Waals surface area contributed by atoms with Crippen molar-refractivity contribution in [2.24, 2.45) is 5.92 Å². The molecule has 5 nitrogen and oxygen atoms in total. The Hall–Kier alpha value is -0.940. The Bertz CT molecular complexity index is 319. The summed E-state index contributed by atoms with van der Waals surface area (Å²) in [4.78, 5) is 4.13. The van der Waals surface area contributed by atoms with E-state index < -0.39 is 0 Å². The van der Waals surface area contributed by atoms with Crippen LogP contribution in [-0.4, -0.2) is 27.9 Å². The van der Waals surface area contributed by atoms with Crippen molar-refractivity contribution in [3.63, 3.8) is 0 Å². The molecule has 90 valence electrons. The standard InChI is InChI=1S/C11H19N3O2/c1-8-13-11(14-16-8)7-12-6-9-2-4-10(15)5-3-9/h9-10,12,15H,2-7H2,1H3. The highest BCUT2D eigenvalue weighted by Crippen LogP contribution is 2.23. The van der Waals surface area contributed by atoms with E-state index in [4.69, 9.17) is 4.52 Å². The van der Waals surface area contributed by atoms with E-state index in [1.54, 1.807) is 6.92 Å². The van der Waals surface area contributed by atoms with E-state index in [0.717, 1.165) is 32.2 Å². The molecule has 0 radical (unpaired) electrons. The van der Waals surface area contributed by atoms with Crippen LogP contribution in [0.5, 0.6) is 0 Å². The number of aryl methyl sites for hydroxylation is 1. The second-order valence-electron chi connectivity index (χ2n) is 4.54. The van der Waals surface area contributed by atoms with Crippen LogP contribution >= 0.6 is 0 Å². The molecule has 0 aliphatic heterocycles. The van der Waals surface area contributed by atoms with E-state index in [0.29, 0.717) is 24.2 Å². The summed E-state index contributed by atoms with van der Waals surface area (Å²) in [6.07, 6.45) is 4.02. The van der Waals surface area contributed by atoms with E-state index >= 15 is 0 Å². The molecule has 0 amide bonds. The van der Waals surface area contributed by atoms with E-state index in [2.05, 4.69) is 15.5 Å². The van der Waals surface area contributed by atoms with Gasteiger partial charge < -0.3 is 14.9 Å². The lowest BCUT2D eigenvalue weighted by Crippen LogP contribution is -2.28. The van der Waals surface area contributed by atoms with Crippen molar-refractivity contribution in [3.8, 4) is 0 Å². The zero-order valence-electron chi connectivity index (χ0n) is 9.65. The van der Waals surface area contributed by atoms with Gasteiger partial charge in [-0.05, 0) is 38.1 Å². The maximum absolute atomic E-state index is 9.38. The van der Waals surface area contributed by atoms with E-state index in [1.165, 1.54) is 0 Å². The number of aromatic nitrogens is 2. The van der Waals surface area contributed by atoms with Crippen LogP contribution in [0.1, 0.15) is 37.4 Å². The van der Waals surface area contributed by atoms with Crippen LogP contribution in [0.25, 0.3) is 0 Å². The van der Waals surface area contributed by atoms with Gasteiger partial charge in [0.15, 0.2) is 5.82 Å². The molecule has 1 fully saturated rings. The monoisotopic (exact) mass is 225 g/mol. The minimum absolute atomic E-state index is 0.0730. The molecule has 0 spiro atoms. The average Bonchev–Trinajstić information content (AvgIpc) is 2.67. The fraction of sp³-hybridized carbons (Fsp3) is 0.818. The molecule has 0 atom stereocenters. The van der Waals surface area contributed by atoms with Gasteiger partial charge in [-0.3, -0.25) is 0 Å². The van der Waals surface area contributed by atoms with Crippen molar-refractivity contribution in [1.82, 2.24) is 15.5 Å². The zero-order valence-corrected chi connectivity index (χ0v) is 9.65. The van der Waals surface area contributed by atoms with E-state index in [-0.39, 0.29) is 6.10 Å². The van der Waals surface area contributed by atoms with Gasteiger partial charge >= 0.3 is 0 Å². The van der Waals surface area contributed by atoms with Crippen LogP contribution in [0.2, 0.25) is 0 Å². The Morgan fingerprint density at radius 1 is 1.38 bits per heavy atom. The van der Waals surface area contributed by atoms with Crippen LogP contribution < -0.4 is 5.32 Å². The number of nitrogens with one attached hydrogen (secondary N) is 1. The van der Waals surface area contributed by atoms with Gasteiger partial charge in [-0.15, -0.1) is 0 Å². The van der Waals surface area contributed by atoms with Crippen molar-refractivity contribution in [2.45, 2.75) is 45.3 Å². The number of hydrogen-bond acceptors (Lipinski definition) is 5. The van der Waals surface area contributed by atoms with Crippen molar-refractivity contribution < 1.29 is 9.63 Å². The Kier molecular flexibility index (Phi) is 3.90. The lowest BCUT2D eigenvalue weighted by atomic mass is 9.87. The largest absolute Gasteiger partial charge is 0.393 e. The number of aliphatic hydroxyl groups is 1. The second-order valence-corrected chi connectivity index (χ2v) is 4.54. The molecule has 0 saturated heterocycles. The normalized spacial score (nSPS) is 25.9. The first-order valence-electron chi connectivity index (χ1n) is 5.92. The Balaban J connectivity index is 1.64. The van der Waals surface area contributed by atoms with Gasteiger partial charge in [0, 0.05) is 6.92 Å². The summed E-state index contributed by atoms with van der Waals surface area (Å²) in [5.74, 6) is 2.00. The molecule has 16 heavy (non-hydrogen) atoms. The molecule has 1 aliphatic rings. The number of nitrogens with zero attached hydrogens (tertiary/aromatic N) is 2. The van der Waals surface area contributed by atoms with Crippen molar-refractivity contribution in [2.75, 3.05) is 6.54 Å². The number of rotatable bonds is 4. The summed E-state index contributed by atoms with van der Waals surface area (Å²) in [7, 11) is 0. The molecule has 2 rings (SSSR count). The van der Waals surface area contributed by atoms with Crippen molar-refractivity contribution in [1.29, 1.82) is 0 Å². The first-order valence-corrected chi connectivity index (χ1v) is 5.92.